The van der Waals surface area contributed by atoms with Gasteiger partial charge in [0.05, 0.1) is 18.6 Å². The topological polar surface area (TPSA) is 89.0 Å². The SMILES string of the molecule is CCOc1ccc(C(=O)CCN2CCN(C(=O)c3ccco3)CC2)cc1N. The molecule has 1 fully saturated rings. The Morgan fingerprint density at radius 1 is 1.19 bits per heavy atom. The highest BCUT2D eigenvalue weighted by molar-refractivity contribution is 5.97. The number of furan rings is 1. The van der Waals surface area contributed by atoms with E-state index in [0.717, 1.165) is 13.1 Å². The molecule has 144 valence electrons. The van der Waals surface area contributed by atoms with E-state index >= 15 is 0 Å². The Bertz CT molecular complexity index is 781. The fourth-order valence-electron chi connectivity index (χ4n) is 3.14. The Balaban J connectivity index is 1.46. The van der Waals surface area contributed by atoms with Gasteiger partial charge in [-0.15, -0.1) is 0 Å². The van der Waals surface area contributed by atoms with Gasteiger partial charge in [-0.3, -0.25) is 14.5 Å². The van der Waals surface area contributed by atoms with Crippen LogP contribution in [0.15, 0.2) is 41.0 Å². The first kappa shape index (κ1) is 19.0. The third-order valence-electron chi connectivity index (χ3n) is 4.68. The number of carbonyl (C=O) groups is 2. The number of Topliss-reactive ketones (excluding diaryl/α,β-unsaturated/α-hetero) is 1. The summed E-state index contributed by atoms with van der Waals surface area (Å²) in [5.41, 5.74) is 7.01. The third kappa shape index (κ3) is 4.68. The molecule has 7 heteroatoms. The van der Waals surface area contributed by atoms with E-state index in [9.17, 15) is 9.59 Å². The van der Waals surface area contributed by atoms with Gasteiger partial charge < -0.3 is 19.8 Å². The van der Waals surface area contributed by atoms with E-state index in [1.807, 2.05) is 6.92 Å². The normalized spacial score (nSPS) is 14.9. The number of rotatable bonds is 7. The largest absolute Gasteiger partial charge is 0.492 e. The molecule has 1 aromatic carbocycles. The van der Waals surface area contributed by atoms with Gasteiger partial charge in [0, 0.05) is 44.7 Å². The minimum Gasteiger partial charge on any atom is -0.492 e. The van der Waals surface area contributed by atoms with Crippen LogP contribution in [0.4, 0.5) is 5.69 Å². The molecule has 0 atom stereocenters. The number of hydrogen-bond donors (Lipinski definition) is 1. The number of ether oxygens (including phenoxy) is 1. The van der Waals surface area contributed by atoms with Gasteiger partial charge in [-0.05, 0) is 37.3 Å². The van der Waals surface area contributed by atoms with E-state index < -0.39 is 0 Å². The van der Waals surface area contributed by atoms with Gasteiger partial charge in [-0.25, -0.2) is 0 Å². The number of piperazine rings is 1. The molecule has 0 bridgehead atoms. The maximum absolute atomic E-state index is 12.4. The van der Waals surface area contributed by atoms with Gasteiger partial charge in [-0.2, -0.15) is 0 Å². The van der Waals surface area contributed by atoms with Crippen molar-refractivity contribution in [2.24, 2.45) is 0 Å². The quantitative estimate of drug-likeness (QED) is 0.593. The van der Waals surface area contributed by atoms with Gasteiger partial charge in [0.15, 0.2) is 11.5 Å². The van der Waals surface area contributed by atoms with Gasteiger partial charge in [0.1, 0.15) is 5.75 Å². The lowest BCUT2D eigenvalue weighted by Gasteiger charge is -2.34. The van der Waals surface area contributed by atoms with Crippen molar-refractivity contribution in [2.45, 2.75) is 13.3 Å². The fourth-order valence-corrected chi connectivity index (χ4v) is 3.14. The van der Waals surface area contributed by atoms with Crippen molar-refractivity contribution in [2.75, 3.05) is 45.1 Å². The maximum atomic E-state index is 12.4. The molecule has 0 spiro atoms. The number of carbonyl (C=O) groups excluding carboxylic acids is 2. The van der Waals surface area contributed by atoms with Crippen LogP contribution in [0, 0.1) is 0 Å². The van der Waals surface area contributed by atoms with Crippen molar-refractivity contribution in [3.63, 3.8) is 0 Å². The first-order valence-electron chi connectivity index (χ1n) is 9.19. The molecule has 1 saturated heterocycles. The van der Waals surface area contributed by atoms with Crippen molar-refractivity contribution in [3.05, 3.63) is 47.9 Å². The van der Waals surface area contributed by atoms with Gasteiger partial charge in [0.2, 0.25) is 0 Å². The number of ketones is 1. The average molecular weight is 371 g/mol. The van der Waals surface area contributed by atoms with Gasteiger partial charge in [-0.1, -0.05) is 0 Å². The van der Waals surface area contributed by atoms with Crippen LogP contribution in [-0.2, 0) is 0 Å². The Kier molecular flexibility index (Phi) is 6.13. The molecular formula is C20H25N3O4. The zero-order chi connectivity index (χ0) is 19.2. The van der Waals surface area contributed by atoms with E-state index in [-0.39, 0.29) is 11.7 Å². The molecule has 0 saturated carbocycles. The van der Waals surface area contributed by atoms with Crippen LogP contribution in [0.25, 0.3) is 0 Å². The fraction of sp³-hybridized carbons (Fsp3) is 0.400. The van der Waals surface area contributed by atoms with Gasteiger partial charge >= 0.3 is 0 Å². The second-order valence-electron chi connectivity index (χ2n) is 6.47. The summed E-state index contributed by atoms with van der Waals surface area (Å²) in [5, 5.41) is 0. The molecular weight excluding hydrogens is 346 g/mol. The predicted octanol–water partition coefficient (Wildman–Crippen LogP) is 2.29. The van der Waals surface area contributed by atoms with Crippen molar-refractivity contribution in [1.29, 1.82) is 0 Å². The van der Waals surface area contributed by atoms with E-state index in [1.165, 1.54) is 6.26 Å². The number of nitrogen functional groups attached to an aromatic ring is 1. The van der Waals surface area contributed by atoms with Crippen LogP contribution in [0.1, 0.15) is 34.3 Å². The van der Waals surface area contributed by atoms with E-state index in [1.54, 1.807) is 35.2 Å². The molecule has 0 aliphatic carbocycles. The highest BCUT2D eigenvalue weighted by Crippen LogP contribution is 2.23. The Labute approximate surface area is 158 Å². The molecule has 0 radical (unpaired) electrons. The summed E-state index contributed by atoms with van der Waals surface area (Å²) in [4.78, 5) is 28.7. The number of nitrogens with zero attached hydrogens (tertiary/aromatic N) is 2. The van der Waals surface area contributed by atoms with Crippen LogP contribution in [-0.4, -0.2) is 60.8 Å². The molecule has 27 heavy (non-hydrogen) atoms. The van der Waals surface area contributed by atoms with Crippen molar-refractivity contribution in [3.8, 4) is 5.75 Å². The number of hydrogen-bond acceptors (Lipinski definition) is 6. The first-order chi connectivity index (χ1) is 13.1. The Morgan fingerprint density at radius 3 is 2.59 bits per heavy atom. The molecule has 1 aromatic heterocycles. The number of nitrogens with two attached hydrogens (primary N) is 1. The highest BCUT2D eigenvalue weighted by Gasteiger charge is 2.24. The zero-order valence-electron chi connectivity index (χ0n) is 15.5. The van der Waals surface area contributed by atoms with Gasteiger partial charge in [0.25, 0.3) is 5.91 Å². The Morgan fingerprint density at radius 2 is 1.96 bits per heavy atom. The number of anilines is 1. The minimum absolute atomic E-state index is 0.0545. The molecule has 7 nitrogen and oxygen atoms in total. The number of amides is 1. The summed E-state index contributed by atoms with van der Waals surface area (Å²) in [7, 11) is 0. The summed E-state index contributed by atoms with van der Waals surface area (Å²) in [6.07, 6.45) is 1.92. The summed E-state index contributed by atoms with van der Waals surface area (Å²) < 4.78 is 10.6. The van der Waals surface area contributed by atoms with Crippen molar-refractivity contribution >= 4 is 17.4 Å². The molecule has 2 heterocycles. The maximum Gasteiger partial charge on any atom is 0.289 e. The average Bonchev–Trinajstić information content (AvgIpc) is 3.22. The van der Waals surface area contributed by atoms with Crippen LogP contribution in [0.3, 0.4) is 0 Å². The second kappa shape index (κ2) is 8.73. The van der Waals surface area contributed by atoms with Crippen LogP contribution >= 0.6 is 0 Å². The second-order valence-corrected chi connectivity index (χ2v) is 6.47. The molecule has 3 rings (SSSR count). The predicted molar refractivity (Wildman–Crippen MR) is 102 cm³/mol. The molecule has 1 amide bonds. The standard InChI is InChI=1S/C20H25N3O4/c1-2-26-18-6-5-15(14-16(18)21)17(24)7-8-22-9-11-23(12-10-22)20(25)19-4-3-13-27-19/h3-6,13-14H,2,7-12,21H2,1H3. The lowest BCUT2D eigenvalue weighted by atomic mass is 10.1. The summed E-state index contributed by atoms with van der Waals surface area (Å²) in [5.74, 6) is 0.942. The van der Waals surface area contributed by atoms with E-state index in [2.05, 4.69) is 4.90 Å². The Hall–Kier alpha value is -2.80. The van der Waals surface area contributed by atoms with Crippen LogP contribution < -0.4 is 10.5 Å². The molecule has 1 aliphatic heterocycles. The van der Waals surface area contributed by atoms with E-state index in [4.69, 9.17) is 14.9 Å². The molecule has 2 aromatic rings. The summed E-state index contributed by atoms with van der Waals surface area (Å²) >= 11 is 0. The lowest BCUT2D eigenvalue weighted by molar-refractivity contribution is 0.0599. The third-order valence-corrected chi connectivity index (χ3v) is 4.68. The zero-order valence-corrected chi connectivity index (χ0v) is 15.5. The molecule has 0 unspecified atom stereocenters. The molecule has 2 N–H and O–H groups in total. The monoisotopic (exact) mass is 371 g/mol. The molecule has 1 aliphatic rings. The highest BCUT2D eigenvalue weighted by atomic mass is 16.5. The lowest BCUT2D eigenvalue weighted by Crippen LogP contribution is -2.49. The summed E-state index contributed by atoms with van der Waals surface area (Å²) in [6.45, 7) is 5.82. The van der Waals surface area contributed by atoms with Crippen LogP contribution in [0.5, 0.6) is 5.75 Å². The minimum atomic E-state index is -0.0828. The van der Waals surface area contributed by atoms with E-state index in [0.29, 0.717) is 55.4 Å². The van der Waals surface area contributed by atoms with Crippen molar-refractivity contribution in [1.82, 2.24) is 9.80 Å². The first-order valence-corrected chi connectivity index (χ1v) is 9.19. The van der Waals surface area contributed by atoms with Crippen LogP contribution in [0.2, 0.25) is 0 Å². The van der Waals surface area contributed by atoms with Crippen molar-refractivity contribution < 1.29 is 18.7 Å². The smallest absolute Gasteiger partial charge is 0.289 e. The summed E-state index contributed by atoms with van der Waals surface area (Å²) in [6, 6.07) is 8.56. The number of benzene rings is 1.